The Kier molecular flexibility index (Phi) is 2.32. The summed E-state index contributed by atoms with van der Waals surface area (Å²) in [4.78, 5) is 22.0. The number of hydrogen-bond acceptors (Lipinski definition) is 4. The molecule has 0 fully saturated rings. The van der Waals surface area contributed by atoms with Gasteiger partial charge in [-0.2, -0.15) is 5.11 Å². The first-order valence-electron chi connectivity index (χ1n) is 3.36. The highest BCUT2D eigenvalue weighted by Crippen LogP contribution is 2.18. The number of esters is 1. The Morgan fingerprint density at radius 2 is 2.33 bits per heavy atom. The third-order valence-corrected chi connectivity index (χ3v) is 1.56. The van der Waals surface area contributed by atoms with Gasteiger partial charge < -0.3 is 4.74 Å². The quantitative estimate of drug-likeness (QED) is 0.427. The first-order valence-corrected chi connectivity index (χ1v) is 3.36. The minimum Gasteiger partial charge on any atom is -0.468 e. The van der Waals surface area contributed by atoms with E-state index in [1.54, 1.807) is 6.92 Å². The number of nitrogens with zero attached hydrogens (tertiary/aromatic N) is 2. The van der Waals surface area contributed by atoms with Crippen molar-refractivity contribution in [1.29, 1.82) is 0 Å². The topological polar surface area (TPSA) is 68.1 Å². The van der Waals surface area contributed by atoms with Gasteiger partial charge in [-0.05, 0) is 12.5 Å². The molecular weight excluding hydrogens is 160 g/mol. The van der Waals surface area contributed by atoms with Crippen LogP contribution >= 0.6 is 0 Å². The summed E-state index contributed by atoms with van der Waals surface area (Å²) in [5, 5.41) is 6.65. The summed E-state index contributed by atoms with van der Waals surface area (Å²) in [6.45, 7) is 1.64. The van der Waals surface area contributed by atoms with E-state index in [-0.39, 0.29) is 0 Å². The standard InChI is InChI=1S/C7H8N2O3/c1-4-3-8-9-6(10)5(4)7(11)12-2/h3,5H,1-2H3. The van der Waals surface area contributed by atoms with Gasteiger partial charge in [0.1, 0.15) is 0 Å². The van der Waals surface area contributed by atoms with Gasteiger partial charge in [-0.3, -0.25) is 9.59 Å². The van der Waals surface area contributed by atoms with E-state index < -0.39 is 17.8 Å². The monoisotopic (exact) mass is 168 g/mol. The van der Waals surface area contributed by atoms with E-state index in [4.69, 9.17) is 0 Å². The molecule has 1 atom stereocenters. The van der Waals surface area contributed by atoms with Crippen molar-refractivity contribution in [3.63, 3.8) is 0 Å². The van der Waals surface area contributed by atoms with Gasteiger partial charge in [-0.15, -0.1) is 5.11 Å². The van der Waals surface area contributed by atoms with Crippen LogP contribution in [0.2, 0.25) is 0 Å². The molecule has 1 rings (SSSR count). The van der Waals surface area contributed by atoms with Crippen LogP contribution in [0.1, 0.15) is 6.92 Å². The number of rotatable bonds is 1. The Hall–Kier alpha value is -1.52. The van der Waals surface area contributed by atoms with Crippen molar-refractivity contribution >= 4 is 11.9 Å². The van der Waals surface area contributed by atoms with Crippen LogP contribution in [-0.2, 0) is 14.3 Å². The predicted octanol–water partition coefficient (Wildman–Crippen LogP) is 0.672. The summed E-state index contributed by atoms with van der Waals surface area (Å²) >= 11 is 0. The lowest BCUT2D eigenvalue weighted by Crippen LogP contribution is -2.26. The van der Waals surface area contributed by atoms with Crippen molar-refractivity contribution < 1.29 is 14.3 Å². The van der Waals surface area contributed by atoms with Gasteiger partial charge in [0.25, 0.3) is 5.91 Å². The zero-order valence-corrected chi connectivity index (χ0v) is 6.77. The Morgan fingerprint density at radius 3 is 2.83 bits per heavy atom. The molecule has 1 heterocycles. The van der Waals surface area contributed by atoms with Gasteiger partial charge >= 0.3 is 5.97 Å². The van der Waals surface area contributed by atoms with Crippen molar-refractivity contribution in [2.45, 2.75) is 6.92 Å². The van der Waals surface area contributed by atoms with Crippen LogP contribution < -0.4 is 0 Å². The summed E-state index contributed by atoms with van der Waals surface area (Å²) in [5.74, 6) is -2.05. The Balaban J connectivity index is 2.89. The maximum absolute atomic E-state index is 11.0. The lowest BCUT2D eigenvalue weighted by Gasteiger charge is -2.12. The van der Waals surface area contributed by atoms with Gasteiger partial charge in [0.2, 0.25) is 0 Å². The fourth-order valence-corrected chi connectivity index (χ4v) is 0.908. The Bertz CT molecular complexity index is 280. The molecule has 0 aromatic carbocycles. The normalized spacial score (nSPS) is 22.0. The summed E-state index contributed by atoms with van der Waals surface area (Å²) in [7, 11) is 1.23. The molecule has 0 radical (unpaired) electrons. The van der Waals surface area contributed by atoms with E-state index in [0.717, 1.165) is 0 Å². The van der Waals surface area contributed by atoms with Gasteiger partial charge in [0, 0.05) is 6.20 Å². The second-order valence-corrected chi connectivity index (χ2v) is 2.38. The minimum atomic E-state index is -0.896. The number of methoxy groups -OCH3 is 1. The van der Waals surface area contributed by atoms with Crippen LogP contribution in [0.3, 0.4) is 0 Å². The second kappa shape index (κ2) is 3.25. The lowest BCUT2D eigenvalue weighted by atomic mass is 10.0. The molecule has 0 aromatic rings. The zero-order chi connectivity index (χ0) is 9.14. The molecule has 1 aliphatic rings. The second-order valence-electron chi connectivity index (χ2n) is 2.38. The van der Waals surface area contributed by atoms with Gasteiger partial charge in [-0.1, -0.05) is 0 Å². The van der Waals surface area contributed by atoms with Crippen molar-refractivity contribution in [2.24, 2.45) is 16.1 Å². The largest absolute Gasteiger partial charge is 0.468 e. The molecule has 0 saturated heterocycles. The lowest BCUT2D eigenvalue weighted by molar-refractivity contribution is -0.147. The summed E-state index contributed by atoms with van der Waals surface area (Å²) < 4.78 is 4.43. The predicted molar refractivity (Wildman–Crippen MR) is 39.1 cm³/mol. The van der Waals surface area contributed by atoms with E-state index in [1.165, 1.54) is 13.3 Å². The number of amides is 1. The highest BCUT2D eigenvalue weighted by atomic mass is 16.5. The average Bonchev–Trinajstić information content (AvgIpc) is 2.03. The molecule has 1 amide bonds. The number of carbonyl (C=O) groups is 2. The Labute approximate surface area is 69.1 Å². The fraction of sp³-hybridized carbons (Fsp3) is 0.429. The van der Waals surface area contributed by atoms with Gasteiger partial charge in [-0.25, -0.2) is 0 Å². The highest BCUT2D eigenvalue weighted by Gasteiger charge is 2.31. The van der Waals surface area contributed by atoms with Crippen LogP contribution in [-0.4, -0.2) is 19.0 Å². The fourth-order valence-electron chi connectivity index (χ4n) is 0.908. The van der Waals surface area contributed by atoms with E-state index in [0.29, 0.717) is 5.57 Å². The first kappa shape index (κ1) is 8.58. The van der Waals surface area contributed by atoms with E-state index in [2.05, 4.69) is 15.0 Å². The van der Waals surface area contributed by atoms with Crippen molar-refractivity contribution in [2.75, 3.05) is 7.11 Å². The van der Waals surface area contributed by atoms with E-state index in [1.807, 2.05) is 0 Å². The van der Waals surface area contributed by atoms with Crippen molar-refractivity contribution in [3.8, 4) is 0 Å². The maximum Gasteiger partial charge on any atom is 0.322 e. The molecule has 5 nitrogen and oxygen atoms in total. The highest BCUT2D eigenvalue weighted by molar-refractivity contribution is 6.01. The molecule has 0 N–H and O–H groups in total. The molecule has 1 aliphatic heterocycles. The van der Waals surface area contributed by atoms with Crippen LogP contribution in [0, 0.1) is 5.92 Å². The molecular formula is C7H8N2O3. The number of carbonyl (C=O) groups excluding carboxylic acids is 2. The molecule has 5 heteroatoms. The van der Waals surface area contributed by atoms with Crippen LogP contribution in [0.5, 0.6) is 0 Å². The molecule has 64 valence electrons. The van der Waals surface area contributed by atoms with Crippen molar-refractivity contribution in [3.05, 3.63) is 11.8 Å². The smallest absolute Gasteiger partial charge is 0.322 e. The third kappa shape index (κ3) is 1.39. The molecule has 0 aromatic heterocycles. The molecule has 1 unspecified atom stereocenters. The summed E-state index contributed by atoms with van der Waals surface area (Å²) in [6, 6.07) is 0. The number of hydrogen-bond donors (Lipinski definition) is 0. The van der Waals surface area contributed by atoms with Crippen LogP contribution in [0.4, 0.5) is 0 Å². The molecule has 0 spiro atoms. The van der Waals surface area contributed by atoms with Gasteiger partial charge in [0.15, 0.2) is 5.92 Å². The molecule has 0 bridgehead atoms. The SMILES string of the molecule is COC(=O)C1C(=O)N=NC=C1C. The summed E-state index contributed by atoms with van der Waals surface area (Å²) in [5.41, 5.74) is 0.557. The van der Waals surface area contributed by atoms with E-state index >= 15 is 0 Å². The molecule has 0 aliphatic carbocycles. The minimum absolute atomic E-state index is 0.557. The van der Waals surface area contributed by atoms with Crippen molar-refractivity contribution in [1.82, 2.24) is 0 Å². The van der Waals surface area contributed by atoms with E-state index in [9.17, 15) is 9.59 Å². The number of ether oxygens (including phenoxy) is 1. The van der Waals surface area contributed by atoms with Crippen LogP contribution in [0.15, 0.2) is 22.0 Å². The van der Waals surface area contributed by atoms with Gasteiger partial charge in [0.05, 0.1) is 7.11 Å². The number of azo groups is 1. The molecule has 0 saturated carbocycles. The summed E-state index contributed by atoms with van der Waals surface area (Å²) in [6.07, 6.45) is 1.38. The third-order valence-electron chi connectivity index (χ3n) is 1.56. The first-order chi connectivity index (χ1) is 5.66. The maximum atomic E-state index is 11.0. The molecule has 12 heavy (non-hydrogen) atoms. The Morgan fingerprint density at radius 1 is 1.67 bits per heavy atom. The zero-order valence-electron chi connectivity index (χ0n) is 6.77. The van der Waals surface area contributed by atoms with Crippen LogP contribution in [0.25, 0.3) is 0 Å². The average molecular weight is 168 g/mol.